The number of carbonyl (C=O) groups is 3. The number of aromatic nitrogens is 2. The molecule has 0 radical (unpaired) electrons. The van der Waals surface area contributed by atoms with Crippen molar-refractivity contribution in [3.05, 3.63) is 23.7 Å². The first-order valence-electron chi connectivity index (χ1n) is 6.25. The molecule has 0 aliphatic carbocycles. The summed E-state index contributed by atoms with van der Waals surface area (Å²) in [5, 5.41) is 11.3. The van der Waals surface area contributed by atoms with Crippen molar-refractivity contribution < 1.29 is 29.0 Å². The molecule has 2 atom stereocenters. The Kier molecular flexibility index (Phi) is 6.61. The van der Waals surface area contributed by atoms with Crippen molar-refractivity contribution in [2.24, 2.45) is 0 Å². The number of imidazole rings is 1. The number of carboxylic acid groups (broad SMARTS) is 1. The molecule has 118 valence electrons. The number of carbonyl (C=O) groups excluding carboxylic acids is 2. The minimum absolute atomic E-state index is 0.152. The van der Waals surface area contributed by atoms with Crippen molar-refractivity contribution in [3.63, 3.8) is 0 Å². The summed E-state index contributed by atoms with van der Waals surface area (Å²) in [4.78, 5) is 43.5. The fourth-order valence-corrected chi connectivity index (χ4v) is 1.68. The number of hydrogen-bond acceptors (Lipinski definition) is 5. The van der Waals surface area contributed by atoms with E-state index >= 15 is 0 Å². The van der Waals surface area contributed by atoms with Gasteiger partial charge >= 0.3 is 12.2 Å². The van der Waals surface area contributed by atoms with Crippen molar-refractivity contribution in [1.29, 1.82) is 0 Å². The van der Waals surface area contributed by atoms with Gasteiger partial charge in [0.05, 0.1) is 0 Å². The van der Waals surface area contributed by atoms with Crippen LogP contribution in [0.2, 0.25) is 0 Å². The molecule has 0 saturated carbocycles. The molecule has 1 heterocycles. The van der Waals surface area contributed by atoms with E-state index in [1.54, 1.807) is 0 Å². The van der Waals surface area contributed by atoms with E-state index in [9.17, 15) is 14.4 Å². The zero-order chi connectivity index (χ0) is 16.5. The van der Waals surface area contributed by atoms with Gasteiger partial charge < -0.3 is 25.7 Å². The first-order valence-corrected chi connectivity index (χ1v) is 6.25. The molecule has 0 aromatic carbocycles. The molecule has 10 heteroatoms. The quantitative estimate of drug-likeness (QED) is 0.311. The second kappa shape index (κ2) is 8.45. The minimum atomic E-state index is -1.30. The van der Waals surface area contributed by atoms with Crippen molar-refractivity contribution in [2.45, 2.75) is 25.0 Å². The lowest BCUT2D eigenvalue weighted by molar-refractivity contribution is -0.144. The molecule has 1 aromatic rings. The number of ether oxygens (including phenoxy) is 1. The van der Waals surface area contributed by atoms with E-state index in [1.807, 2.05) is 0 Å². The average Bonchev–Trinajstić information content (AvgIpc) is 2.98. The van der Waals surface area contributed by atoms with Gasteiger partial charge in [-0.15, -0.1) is 0 Å². The van der Waals surface area contributed by atoms with Gasteiger partial charge in [-0.1, -0.05) is 0 Å². The number of hydrogen-bond donors (Lipinski definition) is 3. The molecule has 0 aliphatic rings. The number of methoxy groups -OCH3 is 1. The highest BCUT2D eigenvalue weighted by Crippen LogP contribution is 2.12. The molecule has 1 amide bonds. The van der Waals surface area contributed by atoms with E-state index in [0.717, 1.165) is 0 Å². The van der Waals surface area contributed by atoms with Crippen LogP contribution in [0.3, 0.4) is 0 Å². The van der Waals surface area contributed by atoms with Crippen LogP contribution in [0.15, 0.2) is 12.4 Å². The maximum Gasteiger partial charge on any atom is 0.326 e. The van der Waals surface area contributed by atoms with Crippen LogP contribution in [-0.2, 0) is 19.1 Å². The number of aromatic amines is 1. The number of nitrogens with zero attached hydrogens (tertiary/aromatic N) is 3. The van der Waals surface area contributed by atoms with Crippen LogP contribution in [0, 0.1) is 0 Å². The fourth-order valence-electron chi connectivity index (χ4n) is 1.68. The first-order chi connectivity index (χ1) is 10.5. The molecule has 1 aromatic heterocycles. The largest absolute Gasteiger partial charge is 0.480 e. The Morgan fingerprint density at radius 2 is 2.32 bits per heavy atom. The predicted octanol–water partition coefficient (Wildman–Crippen LogP) is -0.683. The Morgan fingerprint density at radius 1 is 1.59 bits per heavy atom. The number of aliphatic carboxylic acids is 1. The molecule has 0 fully saturated rings. The van der Waals surface area contributed by atoms with Crippen LogP contribution in [0.25, 0.3) is 5.53 Å². The molecule has 10 nitrogen and oxygen atoms in total. The number of carboxylic acids is 1. The monoisotopic (exact) mass is 309 g/mol. The summed E-state index contributed by atoms with van der Waals surface area (Å²) in [6.07, 6.45) is 2.15. The van der Waals surface area contributed by atoms with Crippen LogP contribution in [-0.4, -0.2) is 56.9 Å². The van der Waals surface area contributed by atoms with Crippen molar-refractivity contribution in [3.8, 4) is 0 Å². The zero-order valence-corrected chi connectivity index (χ0v) is 11.7. The highest BCUT2D eigenvalue weighted by Gasteiger charge is 2.28. The topological polar surface area (TPSA) is 158 Å². The minimum Gasteiger partial charge on any atom is -0.480 e. The Bertz CT molecular complexity index is 579. The Balaban J connectivity index is 2.69. The molecule has 1 rings (SSSR count). The molecule has 22 heavy (non-hydrogen) atoms. The Morgan fingerprint density at radius 3 is 2.82 bits per heavy atom. The Labute approximate surface area is 125 Å². The summed E-state index contributed by atoms with van der Waals surface area (Å²) in [5.41, 5.74) is 8.20. The van der Waals surface area contributed by atoms with Crippen molar-refractivity contribution in [1.82, 2.24) is 15.3 Å². The van der Waals surface area contributed by atoms with E-state index in [-0.39, 0.29) is 18.7 Å². The molecule has 0 unspecified atom stereocenters. The smallest absolute Gasteiger partial charge is 0.326 e. The highest BCUT2D eigenvalue weighted by molar-refractivity contribution is 6.25. The van der Waals surface area contributed by atoms with E-state index in [4.69, 9.17) is 15.4 Å². The Hall–Kier alpha value is -2.84. The van der Waals surface area contributed by atoms with Gasteiger partial charge in [0.15, 0.2) is 6.10 Å². The first kappa shape index (κ1) is 17.2. The number of H-pyrrole nitrogens is 1. The summed E-state index contributed by atoms with van der Waals surface area (Å²) in [6.45, 7) is 0. The number of nitrogens with one attached hydrogen (secondary N) is 2. The second-order valence-corrected chi connectivity index (χ2v) is 4.24. The van der Waals surface area contributed by atoms with E-state index in [2.05, 4.69) is 20.1 Å². The number of ketones is 1. The molecule has 0 saturated heterocycles. The third-order valence-electron chi connectivity index (χ3n) is 2.74. The maximum atomic E-state index is 12.0. The molecule has 0 aliphatic heterocycles. The lowest BCUT2D eigenvalue weighted by Crippen LogP contribution is -2.43. The molecular formula is C12H15N5O5. The lowest BCUT2D eigenvalue weighted by Gasteiger charge is -2.17. The summed E-state index contributed by atoms with van der Waals surface area (Å²) < 4.78 is 4.98. The van der Waals surface area contributed by atoms with Crippen LogP contribution in [0.5, 0.6) is 0 Å². The SMILES string of the molecule is CO[C@@H](C(=O)N[C@@H](CCC(=O)C=[N+]=[N-])C(=O)O)c1ncc[nH]1. The van der Waals surface area contributed by atoms with Gasteiger partial charge in [0.1, 0.15) is 11.9 Å². The maximum absolute atomic E-state index is 12.0. The van der Waals surface area contributed by atoms with Gasteiger partial charge in [-0.25, -0.2) is 9.78 Å². The molecular weight excluding hydrogens is 294 g/mol. The zero-order valence-electron chi connectivity index (χ0n) is 11.7. The number of amides is 1. The fraction of sp³-hybridized carbons (Fsp3) is 0.417. The highest BCUT2D eigenvalue weighted by atomic mass is 16.5. The van der Waals surface area contributed by atoms with Crippen LogP contribution in [0.1, 0.15) is 24.8 Å². The molecule has 3 N–H and O–H groups in total. The van der Waals surface area contributed by atoms with Crippen LogP contribution < -0.4 is 5.32 Å². The number of rotatable bonds is 9. The van der Waals surface area contributed by atoms with Crippen molar-refractivity contribution >= 4 is 23.9 Å². The van der Waals surface area contributed by atoms with Crippen molar-refractivity contribution in [2.75, 3.05) is 7.11 Å². The van der Waals surface area contributed by atoms with Gasteiger partial charge in [0.25, 0.3) is 5.91 Å². The predicted molar refractivity (Wildman–Crippen MR) is 71.8 cm³/mol. The van der Waals surface area contributed by atoms with E-state index in [1.165, 1.54) is 19.5 Å². The summed E-state index contributed by atoms with van der Waals surface area (Å²) in [5.74, 6) is -2.32. The van der Waals surface area contributed by atoms with E-state index in [0.29, 0.717) is 6.21 Å². The third kappa shape index (κ3) is 4.93. The molecule has 0 bridgehead atoms. The van der Waals surface area contributed by atoms with Gasteiger partial charge in [-0.2, -0.15) is 4.79 Å². The van der Waals surface area contributed by atoms with Gasteiger partial charge in [-0.05, 0) is 6.42 Å². The number of Topliss-reactive ketones (excluding diaryl/α,β-unsaturated/α-hetero) is 1. The van der Waals surface area contributed by atoms with Gasteiger partial charge in [0, 0.05) is 25.9 Å². The second-order valence-electron chi connectivity index (χ2n) is 4.24. The van der Waals surface area contributed by atoms with Gasteiger partial charge in [0.2, 0.25) is 5.78 Å². The van der Waals surface area contributed by atoms with Gasteiger partial charge in [-0.3, -0.25) is 9.59 Å². The summed E-state index contributed by atoms with van der Waals surface area (Å²) >= 11 is 0. The average molecular weight is 309 g/mol. The molecule has 0 spiro atoms. The third-order valence-corrected chi connectivity index (χ3v) is 2.74. The summed E-state index contributed by atoms with van der Waals surface area (Å²) in [7, 11) is 1.28. The normalized spacial score (nSPS) is 12.8. The van der Waals surface area contributed by atoms with E-state index < -0.39 is 29.8 Å². The van der Waals surface area contributed by atoms with Crippen LogP contribution in [0.4, 0.5) is 0 Å². The lowest BCUT2D eigenvalue weighted by atomic mass is 10.1. The summed E-state index contributed by atoms with van der Waals surface area (Å²) in [6, 6.07) is -1.28. The standard InChI is InChI=1S/C12H15N5O5/c1-22-9(10-14-4-5-15-10)11(19)17-8(12(20)21)3-2-7(18)6-16-13/h4-6,8-9H,2-3H2,1H3,(H,14,15)(H,17,19)(H,20,21)/t8-,9+/m0/s1. The van der Waals surface area contributed by atoms with Crippen LogP contribution >= 0.6 is 0 Å².